The summed E-state index contributed by atoms with van der Waals surface area (Å²) in [5, 5.41) is 0. The van der Waals surface area contributed by atoms with Crippen molar-refractivity contribution in [1.29, 1.82) is 0 Å². The van der Waals surface area contributed by atoms with Gasteiger partial charge in [0.05, 0.1) is 11.4 Å². The van der Waals surface area contributed by atoms with E-state index in [0.717, 1.165) is 30.6 Å². The molecule has 574 valence electrons. The number of fused-ring (bicyclic) bond motifs is 17. The summed E-state index contributed by atoms with van der Waals surface area (Å²) in [6.07, 6.45) is 13.9. The summed E-state index contributed by atoms with van der Waals surface area (Å²) in [4.78, 5) is 5.34. The average Bonchev–Trinajstić information content (AvgIpc) is 1.55. The molecule has 10 aliphatic rings. The fourth-order valence-electron chi connectivity index (χ4n) is 26.0. The molecular weight excluding hydrogens is 1410 g/mol. The predicted octanol–water partition coefficient (Wildman–Crippen LogP) is 30.9. The van der Waals surface area contributed by atoms with Crippen LogP contribution in [0.25, 0.3) is 89.0 Å². The maximum absolute atomic E-state index is 2.71. The minimum absolute atomic E-state index is 0.0239. The van der Waals surface area contributed by atoms with Gasteiger partial charge in [-0.15, -0.1) is 0 Å². The van der Waals surface area contributed by atoms with E-state index in [1.165, 1.54) is 231 Å². The van der Waals surface area contributed by atoms with E-state index >= 15 is 0 Å². The summed E-state index contributed by atoms with van der Waals surface area (Å²) < 4.78 is 0. The van der Waals surface area contributed by atoms with Gasteiger partial charge < -0.3 is 9.80 Å². The molecule has 6 bridgehead atoms. The topological polar surface area (TPSA) is 6.48 Å². The largest absolute Gasteiger partial charge is 0.310 e. The van der Waals surface area contributed by atoms with Crippen molar-refractivity contribution >= 4 is 34.1 Å². The van der Waals surface area contributed by atoms with Crippen LogP contribution in [0.4, 0.5) is 34.1 Å². The van der Waals surface area contributed by atoms with Gasteiger partial charge >= 0.3 is 0 Å². The van der Waals surface area contributed by atoms with Crippen molar-refractivity contribution in [2.75, 3.05) is 9.80 Å². The molecule has 4 atom stereocenters. The lowest BCUT2D eigenvalue weighted by Gasteiger charge is -2.61. The Hall–Kier alpha value is -11.3. The normalized spacial score (nSPS) is 23.0. The molecule has 0 heterocycles. The van der Waals surface area contributed by atoms with E-state index in [4.69, 9.17) is 0 Å². The van der Waals surface area contributed by atoms with Crippen LogP contribution in [0.3, 0.4) is 0 Å². The smallest absolute Gasteiger partial charge is 0.0540 e. The van der Waals surface area contributed by atoms with Crippen LogP contribution in [-0.2, 0) is 28.1 Å². The predicted molar refractivity (Wildman–Crippen MR) is 490 cm³/mol. The first-order valence-corrected chi connectivity index (χ1v) is 44.3. The number of rotatable bonds is 15. The van der Waals surface area contributed by atoms with Crippen LogP contribution in [0.5, 0.6) is 0 Å². The molecule has 24 rings (SSSR count). The van der Waals surface area contributed by atoms with Gasteiger partial charge in [0.1, 0.15) is 0 Å². The molecule has 117 heavy (non-hydrogen) atoms. The molecule has 6 fully saturated rings. The van der Waals surface area contributed by atoms with Crippen LogP contribution in [0.15, 0.2) is 303 Å². The summed E-state index contributed by atoms with van der Waals surface area (Å²) >= 11 is 0. The van der Waals surface area contributed by atoms with Crippen LogP contribution in [0.1, 0.15) is 191 Å². The van der Waals surface area contributed by atoms with Crippen molar-refractivity contribution in [3.05, 3.63) is 370 Å². The van der Waals surface area contributed by atoms with Gasteiger partial charge in [0.2, 0.25) is 0 Å². The second-order valence-corrected chi connectivity index (χ2v) is 38.5. The number of para-hydroxylation sites is 2. The van der Waals surface area contributed by atoms with E-state index in [9.17, 15) is 0 Å². The molecule has 4 unspecified atom stereocenters. The molecule has 14 aromatic carbocycles. The fraction of sp³-hybridized carbons (Fsp3) is 0.270. The Kier molecular flexibility index (Phi) is 16.1. The zero-order valence-corrected chi connectivity index (χ0v) is 69.2. The van der Waals surface area contributed by atoms with Gasteiger partial charge in [-0.1, -0.05) is 303 Å². The minimum Gasteiger partial charge on any atom is -0.310 e. The second-order valence-electron chi connectivity index (χ2n) is 38.5. The first-order chi connectivity index (χ1) is 57.1. The van der Waals surface area contributed by atoms with E-state index in [1.807, 2.05) is 0 Å². The molecule has 10 aliphatic carbocycles. The minimum atomic E-state index is -0.296. The van der Waals surface area contributed by atoms with Gasteiger partial charge in [-0.2, -0.15) is 0 Å². The zero-order valence-electron chi connectivity index (χ0n) is 69.2. The molecule has 2 spiro atoms. The van der Waals surface area contributed by atoms with E-state index in [1.54, 1.807) is 16.7 Å². The van der Waals surface area contributed by atoms with Gasteiger partial charge in [-0.25, -0.2) is 0 Å². The van der Waals surface area contributed by atoms with Crippen molar-refractivity contribution in [2.24, 2.45) is 35.5 Å². The number of aryl methyl sites for hydroxylation is 2. The number of nitrogens with zero attached hydrogens (tertiary/aromatic N) is 2. The summed E-state index contributed by atoms with van der Waals surface area (Å²) in [5.74, 6) is 5.18. The highest BCUT2D eigenvalue weighted by molar-refractivity contribution is 5.99. The summed E-state index contributed by atoms with van der Waals surface area (Å²) in [6.45, 7) is 19.0. The highest BCUT2D eigenvalue weighted by atomic mass is 15.2. The van der Waals surface area contributed by atoms with Crippen molar-refractivity contribution in [2.45, 2.75) is 160 Å². The molecule has 0 aliphatic heterocycles. The van der Waals surface area contributed by atoms with E-state index in [-0.39, 0.29) is 21.7 Å². The monoisotopic (exact) mass is 1510 g/mol. The molecule has 2 heteroatoms. The molecule has 0 saturated heterocycles. The SMILES string of the molecule is Cc1ccc(-c2ccc(C(C)C)cc2-c2ccccc2N(c2ccc3c(c2)C(C)(CCc2ccc(-c4ccc(C(C)C)cc4-c4ccccc4N(c4ccc5c(c4)C(C)(C)c4ccccc4-5)c4ccc5c(c4)C4(c6ccccc6-5)C5CC6CC(C5)CC4C6)cc2)c2ccccc2-3)c2ccc3c(c2)C2(CC4CCC2C4)c2ccccc2-3)cc1. The van der Waals surface area contributed by atoms with Gasteiger partial charge in [-0.05, 0) is 318 Å². The lowest BCUT2D eigenvalue weighted by molar-refractivity contribution is -0.0399. The average molecular weight is 1510 g/mol. The van der Waals surface area contributed by atoms with Crippen LogP contribution in [0.2, 0.25) is 0 Å². The first kappa shape index (κ1) is 71.0. The fourth-order valence-corrected chi connectivity index (χ4v) is 26.0. The third kappa shape index (κ3) is 10.6. The molecule has 14 aromatic rings. The summed E-state index contributed by atoms with van der Waals surface area (Å²) in [7, 11) is 0. The molecule has 0 aromatic heterocycles. The lowest BCUT2D eigenvalue weighted by Crippen LogP contribution is -2.55. The molecule has 0 N–H and O–H groups in total. The standard InChI is InChI=1S/C115H104N2/c1-70(2)79-42-49-88(77-38-33-72(5)34-39-77)100(63-79)98-25-14-20-32-111(98)117(86-47-53-96-92-23-11-17-29-104(92)114(108(96)67-86)69-74-37-44-81(114)58-74)85-46-52-95-91-22-10-16-28-103(91)113(8,107(95)66-85)56-55-73-35-40-78(41-36-73)89-50-43-80(71(3)4)64-101(89)99-26-13-19-31-110(99)116(84-45-51-94-90-21-9-15-27-102(90)112(6,7)106(94)65-84)87-48-54-97-93-24-12-18-30-105(93)115(109(97)68-87)82-59-75-57-76(61-82)62-83(115)60-75/h9-36,38-43,45-54,63-68,70-71,74-76,81-83H,37,44,55-62,69H2,1-8H3. The Balaban J connectivity index is 0.629. The third-order valence-corrected chi connectivity index (χ3v) is 31.4. The maximum atomic E-state index is 2.71. The lowest BCUT2D eigenvalue weighted by atomic mass is 9.43. The molecule has 0 amide bonds. The quantitative estimate of drug-likeness (QED) is 0.101. The Morgan fingerprint density at radius 2 is 0.709 bits per heavy atom. The van der Waals surface area contributed by atoms with E-state index < -0.39 is 0 Å². The van der Waals surface area contributed by atoms with Crippen LogP contribution < -0.4 is 9.80 Å². The summed E-state index contributed by atoms with van der Waals surface area (Å²) in [5.41, 5.74) is 45.1. The van der Waals surface area contributed by atoms with E-state index in [2.05, 4.69) is 369 Å². The molecule has 2 nitrogen and oxygen atoms in total. The Labute approximate surface area is 693 Å². The molecule has 6 saturated carbocycles. The third-order valence-electron chi connectivity index (χ3n) is 31.4. The second kappa shape index (κ2) is 26.6. The van der Waals surface area contributed by atoms with Gasteiger partial charge in [0.15, 0.2) is 0 Å². The van der Waals surface area contributed by atoms with Gasteiger partial charge in [-0.3, -0.25) is 0 Å². The molecule has 0 radical (unpaired) electrons. The Bertz CT molecular complexity index is 6370. The van der Waals surface area contributed by atoms with Crippen molar-refractivity contribution < 1.29 is 0 Å². The van der Waals surface area contributed by atoms with Crippen LogP contribution >= 0.6 is 0 Å². The number of hydrogen-bond donors (Lipinski definition) is 0. The maximum Gasteiger partial charge on any atom is 0.0540 e. The van der Waals surface area contributed by atoms with Crippen LogP contribution in [-0.4, -0.2) is 0 Å². The highest BCUT2D eigenvalue weighted by Crippen LogP contribution is 2.71. The van der Waals surface area contributed by atoms with Crippen LogP contribution in [0, 0.1) is 42.4 Å². The number of benzene rings is 14. The van der Waals surface area contributed by atoms with Gasteiger partial charge in [0.25, 0.3) is 0 Å². The van der Waals surface area contributed by atoms with Crippen molar-refractivity contribution in [3.63, 3.8) is 0 Å². The molecular formula is C115H104N2. The highest BCUT2D eigenvalue weighted by Gasteiger charge is 2.62. The van der Waals surface area contributed by atoms with Crippen molar-refractivity contribution in [3.8, 4) is 89.0 Å². The van der Waals surface area contributed by atoms with E-state index in [0.29, 0.717) is 29.6 Å². The van der Waals surface area contributed by atoms with Gasteiger partial charge in [0, 0.05) is 55.5 Å². The zero-order chi connectivity index (χ0) is 78.5. The number of anilines is 6. The number of hydrogen-bond acceptors (Lipinski definition) is 2. The summed E-state index contributed by atoms with van der Waals surface area (Å²) in [6, 6.07) is 120. The Morgan fingerprint density at radius 1 is 0.308 bits per heavy atom. The Morgan fingerprint density at radius 3 is 1.24 bits per heavy atom. The van der Waals surface area contributed by atoms with Crippen molar-refractivity contribution in [1.82, 2.24) is 0 Å². The first-order valence-electron chi connectivity index (χ1n) is 44.3.